The molecule has 4 heterocycles. The molecule has 5 rings (SSSR count). The first-order chi connectivity index (χ1) is 21.9. The van der Waals surface area contributed by atoms with E-state index < -0.39 is 42.2 Å². The van der Waals surface area contributed by atoms with Crippen LogP contribution in [0.1, 0.15) is 81.5 Å². The summed E-state index contributed by atoms with van der Waals surface area (Å²) in [5.41, 5.74) is -6.01. The molecule has 4 atom stereocenters. The summed E-state index contributed by atoms with van der Waals surface area (Å²) in [7, 11) is -5.77. The average Bonchev–Trinajstić information content (AvgIpc) is 3.79. The first kappa shape index (κ1) is 35.4. The third kappa shape index (κ3) is 6.97. The summed E-state index contributed by atoms with van der Waals surface area (Å²) in [4.78, 5) is 77.8. The van der Waals surface area contributed by atoms with Crippen molar-refractivity contribution < 1.29 is 42.3 Å². The summed E-state index contributed by atoms with van der Waals surface area (Å²) in [5, 5.41) is 3.02. The average molecular weight is 697 g/mol. The highest BCUT2D eigenvalue weighted by Gasteiger charge is 2.51. The molecule has 1 aromatic heterocycles. The number of likely N-dealkylation sites (tertiary alicyclic amines) is 3. The maximum atomic E-state index is 14.3. The molecule has 15 heteroatoms. The Bertz CT molecular complexity index is 1610. The van der Waals surface area contributed by atoms with Crippen molar-refractivity contribution in [1.29, 1.82) is 0 Å². The standard InChI is InChI=1S/C32H43F2N4O7PS/c1-5-6-9-26(39)37-14-12-19-17-36(18-23(19)37)29(41)22-8-7-13-38(22)30(42)27(31(2,3)4)35-28(40)25-16-20-15-21(10-11-24(20)47-25)32(33,34)46(43,44)45/h10-11,15-16,19,22-23,27H,5-9,12-14,17-18H2,1-4H3,(H,35,40)(H2,43,44,45)/t19-,22+,23+,27-/m1/s1. The highest BCUT2D eigenvalue weighted by atomic mass is 32.1. The van der Waals surface area contributed by atoms with Crippen LogP contribution >= 0.6 is 18.9 Å². The molecule has 3 fully saturated rings. The molecule has 0 spiro atoms. The van der Waals surface area contributed by atoms with Crippen LogP contribution in [0.3, 0.4) is 0 Å². The van der Waals surface area contributed by atoms with Crippen molar-refractivity contribution in [2.24, 2.45) is 11.3 Å². The number of carbonyl (C=O) groups is 4. The lowest BCUT2D eigenvalue weighted by Crippen LogP contribution is -2.58. The Morgan fingerprint density at radius 1 is 1.06 bits per heavy atom. The molecule has 3 aliphatic rings. The fourth-order valence-corrected chi connectivity index (χ4v) is 8.37. The summed E-state index contributed by atoms with van der Waals surface area (Å²) >= 11 is 1.00. The molecule has 47 heavy (non-hydrogen) atoms. The Morgan fingerprint density at radius 2 is 1.79 bits per heavy atom. The summed E-state index contributed by atoms with van der Waals surface area (Å²) in [6.07, 6.45) is 4.26. The number of hydrogen-bond donors (Lipinski definition) is 3. The number of halogens is 2. The van der Waals surface area contributed by atoms with Gasteiger partial charge < -0.3 is 29.8 Å². The van der Waals surface area contributed by atoms with Crippen LogP contribution in [-0.2, 0) is 24.6 Å². The van der Waals surface area contributed by atoms with Crippen LogP contribution in [-0.4, -0.2) is 92.4 Å². The quantitative estimate of drug-likeness (QED) is 0.327. The number of nitrogens with zero attached hydrogens (tertiary/aromatic N) is 3. The van der Waals surface area contributed by atoms with Crippen LogP contribution < -0.4 is 5.32 Å². The largest absolute Gasteiger partial charge is 0.399 e. The fraction of sp³-hybridized carbons (Fsp3) is 0.625. The number of rotatable bonds is 9. The summed E-state index contributed by atoms with van der Waals surface area (Å²) in [5.74, 6) is -0.782. The second kappa shape index (κ2) is 13.2. The SMILES string of the molecule is CCCCC(=O)N1CC[C@@H]2CN(C(=O)[C@@H]3CCCN3C(=O)[C@@H](NC(=O)c3cc4cc(C(F)(F)P(=O)(O)O)ccc4s3)C(C)(C)C)C[C@@H]21. The molecule has 0 unspecified atom stereocenters. The zero-order chi connectivity index (χ0) is 34.5. The Balaban J connectivity index is 1.29. The van der Waals surface area contributed by atoms with Crippen LogP contribution in [0.5, 0.6) is 0 Å². The fourth-order valence-electron chi connectivity index (χ4n) is 6.95. The van der Waals surface area contributed by atoms with Gasteiger partial charge in [0.2, 0.25) is 17.7 Å². The van der Waals surface area contributed by atoms with Gasteiger partial charge in [-0.05, 0) is 54.7 Å². The van der Waals surface area contributed by atoms with Gasteiger partial charge in [0.1, 0.15) is 12.1 Å². The smallest absolute Gasteiger partial charge is 0.339 e. The van der Waals surface area contributed by atoms with E-state index in [1.165, 1.54) is 12.1 Å². The molecule has 0 bridgehead atoms. The number of thiophene rings is 1. The van der Waals surface area contributed by atoms with Crippen molar-refractivity contribution in [2.45, 2.75) is 90.0 Å². The topological polar surface area (TPSA) is 148 Å². The number of alkyl halides is 2. The number of fused-ring (bicyclic) bond motifs is 2. The highest BCUT2D eigenvalue weighted by Crippen LogP contribution is 2.59. The number of benzene rings is 1. The molecule has 258 valence electrons. The summed E-state index contributed by atoms with van der Waals surface area (Å²) in [6.45, 7) is 9.52. The zero-order valence-corrected chi connectivity index (χ0v) is 28.8. The second-order valence-corrected chi connectivity index (χ2v) is 16.7. The number of unbranched alkanes of at least 4 members (excludes halogenated alkanes) is 1. The van der Waals surface area contributed by atoms with E-state index in [1.807, 2.05) is 11.8 Å². The van der Waals surface area contributed by atoms with Crippen molar-refractivity contribution in [3.05, 3.63) is 34.7 Å². The lowest BCUT2D eigenvalue weighted by atomic mass is 9.85. The third-order valence-electron chi connectivity index (χ3n) is 9.59. The Labute approximate surface area is 276 Å². The van der Waals surface area contributed by atoms with Gasteiger partial charge in [-0.25, -0.2) is 0 Å². The molecule has 3 saturated heterocycles. The van der Waals surface area contributed by atoms with E-state index in [0.717, 1.165) is 42.7 Å². The molecule has 11 nitrogen and oxygen atoms in total. The summed E-state index contributed by atoms with van der Waals surface area (Å²) < 4.78 is 40.4. The predicted molar refractivity (Wildman–Crippen MR) is 173 cm³/mol. The zero-order valence-electron chi connectivity index (χ0n) is 27.1. The maximum absolute atomic E-state index is 14.3. The lowest BCUT2D eigenvalue weighted by Gasteiger charge is -2.36. The minimum Gasteiger partial charge on any atom is -0.339 e. The Morgan fingerprint density at radius 3 is 2.45 bits per heavy atom. The lowest BCUT2D eigenvalue weighted by molar-refractivity contribution is -0.146. The molecule has 3 aliphatic heterocycles. The normalized spacial score (nSPS) is 22.6. The van der Waals surface area contributed by atoms with Crippen molar-refractivity contribution in [3.63, 3.8) is 0 Å². The van der Waals surface area contributed by atoms with Crippen molar-refractivity contribution in [2.75, 3.05) is 26.2 Å². The van der Waals surface area contributed by atoms with Gasteiger partial charge in [-0.15, -0.1) is 11.3 Å². The van der Waals surface area contributed by atoms with Gasteiger partial charge >= 0.3 is 13.3 Å². The first-order valence-electron chi connectivity index (χ1n) is 16.1. The molecule has 0 saturated carbocycles. The summed E-state index contributed by atoms with van der Waals surface area (Å²) in [6, 6.07) is 2.80. The van der Waals surface area contributed by atoms with Crippen molar-refractivity contribution >= 4 is 52.6 Å². The number of amides is 4. The van der Waals surface area contributed by atoms with E-state index in [-0.39, 0.29) is 39.9 Å². The van der Waals surface area contributed by atoms with E-state index in [2.05, 4.69) is 5.32 Å². The van der Waals surface area contributed by atoms with Gasteiger partial charge in [0, 0.05) is 48.8 Å². The van der Waals surface area contributed by atoms with Gasteiger partial charge in [-0.3, -0.25) is 23.7 Å². The minimum absolute atomic E-state index is 0.00382. The van der Waals surface area contributed by atoms with E-state index in [9.17, 15) is 32.5 Å². The maximum Gasteiger partial charge on any atom is 0.399 e. The van der Waals surface area contributed by atoms with E-state index in [0.29, 0.717) is 50.1 Å². The van der Waals surface area contributed by atoms with Gasteiger partial charge in [0.15, 0.2) is 0 Å². The molecule has 0 radical (unpaired) electrons. The van der Waals surface area contributed by atoms with Crippen molar-refractivity contribution in [3.8, 4) is 0 Å². The third-order valence-corrected chi connectivity index (χ3v) is 11.7. The van der Waals surface area contributed by atoms with Gasteiger partial charge in [-0.1, -0.05) is 40.2 Å². The molecule has 2 aromatic rings. The number of nitrogens with one attached hydrogen (secondary N) is 1. The van der Waals surface area contributed by atoms with Crippen LogP contribution in [0.2, 0.25) is 0 Å². The van der Waals surface area contributed by atoms with Crippen LogP contribution in [0, 0.1) is 11.3 Å². The second-order valence-electron chi connectivity index (χ2n) is 14.0. The number of carbonyl (C=O) groups excluding carboxylic acids is 4. The molecule has 3 N–H and O–H groups in total. The molecular weight excluding hydrogens is 653 g/mol. The first-order valence-corrected chi connectivity index (χ1v) is 18.5. The molecule has 4 amide bonds. The molecule has 1 aromatic carbocycles. The molecule has 0 aliphatic carbocycles. The Kier molecular flexibility index (Phi) is 9.92. The van der Waals surface area contributed by atoms with E-state index in [1.54, 1.807) is 30.6 Å². The minimum atomic E-state index is -5.77. The van der Waals surface area contributed by atoms with E-state index >= 15 is 0 Å². The van der Waals surface area contributed by atoms with Crippen molar-refractivity contribution in [1.82, 2.24) is 20.0 Å². The van der Waals surface area contributed by atoms with Gasteiger partial charge in [-0.2, -0.15) is 8.78 Å². The van der Waals surface area contributed by atoms with Gasteiger partial charge in [0.25, 0.3) is 5.91 Å². The molecular formula is C32H43F2N4O7PS. The highest BCUT2D eigenvalue weighted by molar-refractivity contribution is 7.52. The Hall–Kier alpha value is -2.93. The van der Waals surface area contributed by atoms with Crippen LogP contribution in [0.25, 0.3) is 10.1 Å². The van der Waals surface area contributed by atoms with Gasteiger partial charge in [0.05, 0.1) is 10.9 Å². The predicted octanol–water partition coefficient (Wildman–Crippen LogP) is 4.51. The number of hydrogen-bond acceptors (Lipinski definition) is 6. The van der Waals surface area contributed by atoms with Crippen LogP contribution in [0.4, 0.5) is 8.78 Å². The van der Waals surface area contributed by atoms with Crippen LogP contribution in [0.15, 0.2) is 24.3 Å². The monoisotopic (exact) mass is 696 g/mol. The van der Waals surface area contributed by atoms with E-state index in [4.69, 9.17) is 9.79 Å².